The monoisotopic (exact) mass is 480 g/mol. The average molecular weight is 481 g/mol. The topological polar surface area (TPSA) is 80.7 Å². The summed E-state index contributed by atoms with van der Waals surface area (Å²) in [5, 5.41) is 10.1. The Morgan fingerprint density at radius 3 is 2.20 bits per heavy atom. The third-order valence-corrected chi connectivity index (χ3v) is 12.0. The van der Waals surface area contributed by atoms with Gasteiger partial charge in [-0.15, -0.1) is 0 Å². The molecule has 0 aromatic carbocycles. The highest BCUT2D eigenvalue weighted by atomic mass is 16.5. The molecule has 5 aliphatic carbocycles. The van der Waals surface area contributed by atoms with Crippen LogP contribution >= 0.6 is 0 Å². The third kappa shape index (κ3) is 2.82. The lowest BCUT2D eigenvalue weighted by atomic mass is 9.34. The number of ketones is 2. The molecular formula is C30H40O5. The zero-order valence-electron chi connectivity index (χ0n) is 22.3. The third-order valence-electron chi connectivity index (χ3n) is 12.0. The van der Waals surface area contributed by atoms with Crippen molar-refractivity contribution in [1.82, 2.24) is 0 Å². The van der Waals surface area contributed by atoms with Crippen molar-refractivity contribution in [3.63, 3.8) is 0 Å². The summed E-state index contributed by atoms with van der Waals surface area (Å²) in [7, 11) is 1.50. The Hall–Kier alpha value is -2.01. The summed E-state index contributed by atoms with van der Waals surface area (Å²) in [6.07, 6.45) is 12.2. The standard InChI is InChI=1S/C30H40O5/c1-25-10-11-26(2,24(33)34)17-22(25)29(5)15-13-27(3)19-16-20(31)23(32)30(6,35-7)18(19)8-9-21(27)28(29,4)14-12-25/h8-9,16,22H,10-15,17H2,1-7H3,(H,33,34)/t22-,25-,26-,27+,28-,29+,30+/m1/s1. The highest BCUT2D eigenvalue weighted by Gasteiger charge is 2.68. The number of aliphatic carboxylic acids is 1. The Kier molecular flexibility index (Phi) is 4.97. The van der Waals surface area contributed by atoms with E-state index in [4.69, 9.17) is 4.74 Å². The summed E-state index contributed by atoms with van der Waals surface area (Å²) >= 11 is 0. The number of methoxy groups -OCH3 is 1. The van der Waals surface area contributed by atoms with E-state index in [0.29, 0.717) is 12.3 Å². The predicted octanol–water partition coefficient (Wildman–Crippen LogP) is 5.84. The molecule has 1 N–H and O–H groups in total. The van der Waals surface area contributed by atoms with E-state index in [1.807, 2.05) is 13.0 Å². The van der Waals surface area contributed by atoms with Gasteiger partial charge in [-0.1, -0.05) is 45.4 Å². The van der Waals surface area contributed by atoms with Crippen LogP contribution in [0.25, 0.3) is 0 Å². The number of carboxylic acids is 1. The van der Waals surface area contributed by atoms with Crippen molar-refractivity contribution in [2.75, 3.05) is 7.11 Å². The summed E-state index contributed by atoms with van der Waals surface area (Å²) in [6.45, 7) is 13.1. The lowest BCUT2D eigenvalue weighted by Crippen LogP contribution is -2.62. The van der Waals surface area contributed by atoms with E-state index in [1.54, 1.807) is 13.0 Å². The number of carbonyl (C=O) groups excluding carboxylic acids is 2. The molecule has 0 unspecified atom stereocenters. The molecule has 0 amide bonds. The number of allylic oxidation sites excluding steroid dienone is 4. The van der Waals surface area contributed by atoms with Gasteiger partial charge in [0.1, 0.15) is 0 Å². The normalized spacial score (nSPS) is 49.0. The van der Waals surface area contributed by atoms with Crippen LogP contribution < -0.4 is 0 Å². The Morgan fingerprint density at radius 2 is 1.57 bits per heavy atom. The van der Waals surface area contributed by atoms with Crippen LogP contribution in [0.5, 0.6) is 0 Å². The molecule has 0 radical (unpaired) electrons. The smallest absolute Gasteiger partial charge is 0.309 e. The molecule has 5 aliphatic rings. The van der Waals surface area contributed by atoms with E-state index in [9.17, 15) is 19.5 Å². The lowest BCUT2D eigenvalue weighted by molar-refractivity contribution is -0.178. The minimum atomic E-state index is -1.26. The van der Waals surface area contributed by atoms with Crippen molar-refractivity contribution < 1.29 is 24.2 Å². The number of ether oxygens (including phenoxy) is 1. The van der Waals surface area contributed by atoms with Gasteiger partial charge in [-0.2, -0.15) is 0 Å². The molecule has 5 heteroatoms. The molecule has 0 heterocycles. The van der Waals surface area contributed by atoms with Gasteiger partial charge in [-0.3, -0.25) is 14.4 Å². The second-order valence-electron chi connectivity index (χ2n) is 13.5. The molecule has 5 rings (SSSR count). The van der Waals surface area contributed by atoms with Crippen molar-refractivity contribution in [3.05, 3.63) is 34.9 Å². The van der Waals surface area contributed by atoms with Gasteiger partial charge >= 0.3 is 5.97 Å². The van der Waals surface area contributed by atoms with Gasteiger partial charge in [0.2, 0.25) is 11.6 Å². The van der Waals surface area contributed by atoms with Crippen molar-refractivity contribution >= 4 is 17.5 Å². The Morgan fingerprint density at radius 1 is 0.914 bits per heavy atom. The van der Waals surface area contributed by atoms with E-state index in [-0.39, 0.29) is 21.7 Å². The number of hydrogen-bond acceptors (Lipinski definition) is 4. The number of fused-ring (bicyclic) bond motifs is 7. The molecule has 0 saturated heterocycles. The van der Waals surface area contributed by atoms with Gasteiger partial charge in [-0.25, -0.2) is 0 Å². The highest BCUT2D eigenvalue weighted by molar-refractivity contribution is 6.46. The first kappa shape index (κ1) is 24.7. The molecule has 7 atom stereocenters. The van der Waals surface area contributed by atoms with Crippen molar-refractivity contribution in [2.24, 2.45) is 33.0 Å². The molecule has 35 heavy (non-hydrogen) atoms. The van der Waals surface area contributed by atoms with Crippen LogP contribution in [0, 0.1) is 33.0 Å². The van der Waals surface area contributed by atoms with Gasteiger partial charge in [0.05, 0.1) is 5.41 Å². The zero-order valence-corrected chi connectivity index (χ0v) is 22.3. The largest absolute Gasteiger partial charge is 0.481 e. The first-order valence-corrected chi connectivity index (χ1v) is 13.1. The number of carbonyl (C=O) groups is 3. The van der Waals surface area contributed by atoms with E-state index >= 15 is 0 Å². The summed E-state index contributed by atoms with van der Waals surface area (Å²) < 4.78 is 5.67. The van der Waals surface area contributed by atoms with Crippen LogP contribution in [0.3, 0.4) is 0 Å². The van der Waals surface area contributed by atoms with Crippen LogP contribution in [0.4, 0.5) is 0 Å². The summed E-state index contributed by atoms with van der Waals surface area (Å²) in [4.78, 5) is 37.9. The number of carboxylic acid groups (broad SMARTS) is 1. The van der Waals surface area contributed by atoms with Crippen LogP contribution in [0.1, 0.15) is 86.5 Å². The SMILES string of the molecule is CO[C@]1(C)C(=O)C(=O)C=C2C1=CC=C1[C@@]2(C)CC[C@@]2(C)[C@@H]3C[C@](C)(C(=O)O)CC[C@]3(C)CC[C@]12C. The fraction of sp³-hybridized carbons (Fsp3) is 0.700. The Labute approximate surface area is 209 Å². The average Bonchev–Trinajstić information content (AvgIpc) is 2.81. The van der Waals surface area contributed by atoms with E-state index in [1.165, 1.54) is 12.7 Å². The first-order chi connectivity index (χ1) is 16.1. The molecule has 0 spiro atoms. The van der Waals surface area contributed by atoms with Crippen LogP contribution in [-0.2, 0) is 19.1 Å². The fourth-order valence-electron chi connectivity index (χ4n) is 8.98. The minimum Gasteiger partial charge on any atom is -0.481 e. The second-order valence-corrected chi connectivity index (χ2v) is 13.5. The van der Waals surface area contributed by atoms with E-state index < -0.39 is 28.6 Å². The number of hydrogen-bond donors (Lipinski definition) is 1. The molecule has 0 aromatic heterocycles. The maximum Gasteiger partial charge on any atom is 0.309 e. The number of rotatable bonds is 2. The molecule has 0 aliphatic heterocycles. The van der Waals surface area contributed by atoms with Crippen LogP contribution in [-0.4, -0.2) is 35.4 Å². The van der Waals surface area contributed by atoms with E-state index in [0.717, 1.165) is 49.7 Å². The molecular weight excluding hydrogens is 440 g/mol. The predicted molar refractivity (Wildman–Crippen MR) is 134 cm³/mol. The maximum absolute atomic E-state index is 12.8. The Bertz CT molecular complexity index is 1140. The summed E-state index contributed by atoms with van der Waals surface area (Å²) in [6, 6.07) is 0. The lowest BCUT2D eigenvalue weighted by Gasteiger charge is -2.70. The molecule has 3 saturated carbocycles. The molecule has 0 aromatic rings. The van der Waals surface area contributed by atoms with Crippen molar-refractivity contribution in [3.8, 4) is 0 Å². The highest BCUT2D eigenvalue weighted by Crippen LogP contribution is 2.75. The summed E-state index contributed by atoms with van der Waals surface area (Å²) in [5.74, 6) is -1.35. The van der Waals surface area contributed by atoms with Gasteiger partial charge in [0, 0.05) is 12.5 Å². The quantitative estimate of drug-likeness (QED) is 0.502. The van der Waals surface area contributed by atoms with Crippen LogP contribution in [0.2, 0.25) is 0 Å². The summed E-state index contributed by atoms with van der Waals surface area (Å²) in [5.41, 5.74) is 0.746. The maximum atomic E-state index is 12.8. The molecule has 3 fully saturated rings. The van der Waals surface area contributed by atoms with E-state index in [2.05, 4.69) is 33.8 Å². The van der Waals surface area contributed by atoms with Gasteiger partial charge in [0.25, 0.3) is 0 Å². The fourth-order valence-corrected chi connectivity index (χ4v) is 8.98. The minimum absolute atomic E-state index is 0.0482. The van der Waals surface area contributed by atoms with Gasteiger partial charge in [0.15, 0.2) is 5.60 Å². The van der Waals surface area contributed by atoms with Gasteiger partial charge in [-0.05, 0) is 98.2 Å². The molecule has 190 valence electrons. The molecule has 5 nitrogen and oxygen atoms in total. The Balaban J connectivity index is 1.66. The molecule has 0 bridgehead atoms. The van der Waals surface area contributed by atoms with Gasteiger partial charge < -0.3 is 9.84 Å². The zero-order chi connectivity index (χ0) is 25.8. The van der Waals surface area contributed by atoms with Crippen LogP contribution in [0.15, 0.2) is 34.9 Å². The van der Waals surface area contributed by atoms with Crippen molar-refractivity contribution in [2.45, 2.75) is 92.1 Å². The first-order valence-electron chi connectivity index (χ1n) is 13.1. The second kappa shape index (κ2) is 7.06. The van der Waals surface area contributed by atoms with Crippen molar-refractivity contribution in [1.29, 1.82) is 0 Å². The number of Topliss-reactive ketones (excluding diaryl/α,β-unsaturated/α-hetero) is 1.